The fourth-order valence-corrected chi connectivity index (χ4v) is 3.25. The van der Waals surface area contributed by atoms with Crippen LogP contribution in [0.2, 0.25) is 10.3 Å². The molecule has 0 saturated carbocycles. The average Bonchev–Trinajstić information content (AvgIpc) is 2.60. The zero-order chi connectivity index (χ0) is 17.8. The molecule has 0 bridgehead atoms. The van der Waals surface area contributed by atoms with Crippen molar-refractivity contribution in [1.29, 1.82) is 0 Å². The first-order chi connectivity index (χ1) is 12.1. The summed E-state index contributed by atoms with van der Waals surface area (Å²) < 4.78 is 0. The summed E-state index contributed by atoms with van der Waals surface area (Å²) in [7, 11) is 0. The number of carbonyl (C=O) groups is 1. The van der Waals surface area contributed by atoms with Crippen LogP contribution in [0.4, 0.5) is 5.69 Å². The Bertz CT molecular complexity index is 860. The monoisotopic (exact) mass is 370 g/mol. The molecule has 0 spiro atoms. The van der Waals surface area contributed by atoms with Crippen molar-refractivity contribution >= 4 is 34.8 Å². The minimum atomic E-state index is -0.207. The molecular weight excluding hydrogens is 355 g/mol. The van der Waals surface area contributed by atoms with Crippen molar-refractivity contribution in [3.8, 4) is 0 Å². The second kappa shape index (κ2) is 7.68. The lowest BCUT2D eigenvalue weighted by molar-refractivity contribution is 0.0984. The van der Waals surface area contributed by atoms with E-state index in [0.29, 0.717) is 17.7 Å². The highest BCUT2D eigenvalue weighted by molar-refractivity contribution is 6.35. The van der Waals surface area contributed by atoms with Crippen LogP contribution in [0.15, 0.2) is 66.7 Å². The molecule has 1 aromatic heterocycles. The van der Waals surface area contributed by atoms with Crippen LogP contribution in [0.25, 0.3) is 0 Å². The zero-order valence-corrected chi connectivity index (χ0v) is 15.1. The Balaban J connectivity index is 2.04. The normalized spacial score (nSPS) is 10.5. The number of anilines is 1. The van der Waals surface area contributed by atoms with Crippen molar-refractivity contribution in [2.24, 2.45) is 0 Å². The number of aromatic nitrogens is 1. The Morgan fingerprint density at radius 2 is 1.60 bits per heavy atom. The zero-order valence-electron chi connectivity index (χ0n) is 13.6. The van der Waals surface area contributed by atoms with Crippen LogP contribution < -0.4 is 4.90 Å². The standard InChI is InChI=1S/C20H16Cl2N2O/c1-14-12-17(21)23-19(22)18(14)20(25)24(16-10-6-3-7-11-16)13-15-8-4-2-5-9-15/h2-12H,13H2,1H3. The van der Waals surface area contributed by atoms with Crippen molar-refractivity contribution in [3.05, 3.63) is 93.7 Å². The molecule has 1 amide bonds. The van der Waals surface area contributed by atoms with Gasteiger partial charge in [0, 0.05) is 5.69 Å². The van der Waals surface area contributed by atoms with E-state index >= 15 is 0 Å². The second-order valence-corrected chi connectivity index (χ2v) is 6.39. The SMILES string of the molecule is Cc1cc(Cl)nc(Cl)c1C(=O)N(Cc1ccccc1)c1ccccc1. The molecule has 0 N–H and O–H groups in total. The van der Waals surface area contributed by atoms with E-state index in [2.05, 4.69) is 4.98 Å². The number of rotatable bonds is 4. The third kappa shape index (κ3) is 4.01. The van der Waals surface area contributed by atoms with Gasteiger partial charge < -0.3 is 4.90 Å². The van der Waals surface area contributed by atoms with E-state index in [0.717, 1.165) is 11.3 Å². The summed E-state index contributed by atoms with van der Waals surface area (Å²) in [5, 5.41) is 0.386. The second-order valence-electron chi connectivity index (χ2n) is 5.64. The molecule has 0 aliphatic carbocycles. The summed E-state index contributed by atoms with van der Waals surface area (Å²) in [4.78, 5) is 19.0. The van der Waals surface area contributed by atoms with Gasteiger partial charge in [0.15, 0.2) is 0 Å². The largest absolute Gasteiger partial charge is 0.304 e. The van der Waals surface area contributed by atoms with E-state index in [9.17, 15) is 4.79 Å². The lowest BCUT2D eigenvalue weighted by Crippen LogP contribution is -2.31. The number of hydrogen-bond acceptors (Lipinski definition) is 2. The van der Waals surface area contributed by atoms with Crippen LogP contribution in [0.5, 0.6) is 0 Å². The minimum Gasteiger partial charge on any atom is -0.304 e. The highest BCUT2D eigenvalue weighted by Crippen LogP contribution is 2.26. The molecule has 3 nitrogen and oxygen atoms in total. The van der Waals surface area contributed by atoms with E-state index in [1.165, 1.54) is 0 Å². The van der Waals surface area contributed by atoms with E-state index in [1.807, 2.05) is 60.7 Å². The Kier molecular flexibility index (Phi) is 5.37. The summed E-state index contributed by atoms with van der Waals surface area (Å²) >= 11 is 12.2. The highest BCUT2D eigenvalue weighted by Gasteiger charge is 2.23. The number of hydrogen-bond donors (Lipinski definition) is 0. The number of para-hydroxylation sites is 1. The number of carbonyl (C=O) groups excluding carboxylic acids is 1. The van der Waals surface area contributed by atoms with Gasteiger partial charge in [-0.1, -0.05) is 71.7 Å². The van der Waals surface area contributed by atoms with Crippen LogP contribution >= 0.6 is 23.2 Å². The fourth-order valence-electron chi connectivity index (χ4n) is 2.64. The summed E-state index contributed by atoms with van der Waals surface area (Å²) in [5.74, 6) is -0.207. The van der Waals surface area contributed by atoms with Gasteiger partial charge in [-0.2, -0.15) is 0 Å². The predicted octanol–water partition coefficient (Wildman–Crippen LogP) is 5.54. The van der Waals surface area contributed by atoms with Gasteiger partial charge in [-0.3, -0.25) is 4.79 Å². The number of nitrogens with zero attached hydrogens (tertiary/aromatic N) is 2. The molecule has 3 rings (SSSR count). The molecule has 1 heterocycles. The maximum Gasteiger partial charge on any atom is 0.261 e. The molecule has 0 unspecified atom stereocenters. The first kappa shape index (κ1) is 17.5. The van der Waals surface area contributed by atoms with Gasteiger partial charge in [-0.25, -0.2) is 4.98 Å². The molecule has 0 atom stereocenters. The summed E-state index contributed by atoms with van der Waals surface area (Å²) in [6.45, 7) is 2.24. The lowest BCUT2D eigenvalue weighted by Gasteiger charge is -2.24. The molecule has 25 heavy (non-hydrogen) atoms. The van der Waals surface area contributed by atoms with E-state index in [1.54, 1.807) is 17.9 Å². The Morgan fingerprint density at radius 3 is 2.20 bits per heavy atom. The Labute approximate surface area is 156 Å². The first-order valence-electron chi connectivity index (χ1n) is 7.80. The molecule has 0 aliphatic heterocycles. The van der Waals surface area contributed by atoms with E-state index in [-0.39, 0.29) is 16.2 Å². The van der Waals surface area contributed by atoms with Crippen LogP contribution in [0.3, 0.4) is 0 Å². The van der Waals surface area contributed by atoms with Crippen molar-refractivity contribution in [2.75, 3.05) is 4.90 Å². The summed E-state index contributed by atoms with van der Waals surface area (Å²) in [6, 6.07) is 21.0. The maximum atomic E-state index is 13.3. The molecular formula is C20H16Cl2N2O. The third-order valence-electron chi connectivity index (χ3n) is 3.85. The smallest absolute Gasteiger partial charge is 0.261 e. The molecule has 2 aromatic carbocycles. The van der Waals surface area contributed by atoms with Crippen LogP contribution in [0, 0.1) is 6.92 Å². The fraction of sp³-hybridized carbons (Fsp3) is 0.100. The summed E-state index contributed by atoms with van der Waals surface area (Å²) in [5.41, 5.74) is 2.88. The molecule has 3 aromatic rings. The molecule has 0 fully saturated rings. The van der Waals surface area contributed by atoms with Crippen molar-refractivity contribution in [1.82, 2.24) is 4.98 Å². The van der Waals surface area contributed by atoms with Crippen molar-refractivity contribution < 1.29 is 4.79 Å². The Morgan fingerprint density at radius 1 is 1.00 bits per heavy atom. The Hall–Kier alpha value is -2.36. The van der Waals surface area contributed by atoms with Crippen LogP contribution in [-0.2, 0) is 6.54 Å². The quantitative estimate of drug-likeness (QED) is 0.564. The number of halogens is 2. The molecule has 0 saturated heterocycles. The molecule has 0 aliphatic rings. The van der Waals surface area contributed by atoms with Gasteiger partial charge in [-0.05, 0) is 36.2 Å². The third-order valence-corrected chi connectivity index (χ3v) is 4.32. The van der Waals surface area contributed by atoms with Gasteiger partial charge >= 0.3 is 0 Å². The van der Waals surface area contributed by atoms with Gasteiger partial charge in [-0.15, -0.1) is 0 Å². The molecule has 126 valence electrons. The minimum absolute atomic E-state index is 0.115. The van der Waals surface area contributed by atoms with Gasteiger partial charge in [0.05, 0.1) is 12.1 Å². The van der Waals surface area contributed by atoms with Crippen LogP contribution in [-0.4, -0.2) is 10.9 Å². The average molecular weight is 371 g/mol. The van der Waals surface area contributed by atoms with Gasteiger partial charge in [0.2, 0.25) is 0 Å². The van der Waals surface area contributed by atoms with E-state index in [4.69, 9.17) is 23.2 Å². The maximum absolute atomic E-state index is 13.3. The van der Waals surface area contributed by atoms with Gasteiger partial charge in [0.25, 0.3) is 5.91 Å². The number of amides is 1. The number of benzene rings is 2. The van der Waals surface area contributed by atoms with Crippen molar-refractivity contribution in [3.63, 3.8) is 0 Å². The van der Waals surface area contributed by atoms with E-state index < -0.39 is 0 Å². The number of aryl methyl sites for hydroxylation is 1. The molecule has 0 radical (unpaired) electrons. The topological polar surface area (TPSA) is 33.2 Å². The van der Waals surface area contributed by atoms with Crippen molar-refractivity contribution in [2.45, 2.75) is 13.5 Å². The predicted molar refractivity (Wildman–Crippen MR) is 102 cm³/mol. The highest BCUT2D eigenvalue weighted by atomic mass is 35.5. The van der Waals surface area contributed by atoms with Crippen LogP contribution in [0.1, 0.15) is 21.5 Å². The number of pyridine rings is 1. The lowest BCUT2D eigenvalue weighted by atomic mass is 10.1. The molecule has 5 heteroatoms. The first-order valence-corrected chi connectivity index (χ1v) is 8.55. The summed E-state index contributed by atoms with van der Waals surface area (Å²) in [6.07, 6.45) is 0. The van der Waals surface area contributed by atoms with Gasteiger partial charge in [0.1, 0.15) is 10.3 Å².